The third-order valence-electron chi connectivity index (χ3n) is 6.75. The van der Waals surface area contributed by atoms with Crippen molar-refractivity contribution in [1.82, 2.24) is 9.78 Å². The van der Waals surface area contributed by atoms with Crippen LogP contribution in [0.1, 0.15) is 16.1 Å². The summed E-state index contributed by atoms with van der Waals surface area (Å²) in [5.41, 5.74) is -0.859. The van der Waals surface area contributed by atoms with Crippen molar-refractivity contribution in [3.05, 3.63) is 119 Å². The van der Waals surface area contributed by atoms with E-state index in [4.69, 9.17) is 13.9 Å². The fourth-order valence-corrected chi connectivity index (χ4v) is 4.66. The monoisotopic (exact) mass is 570 g/mol. The smallest absolute Gasteiger partial charge is 0.450 e. The number of halogens is 3. The second kappa shape index (κ2) is 10.5. The van der Waals surface area contributed by atoms with Gasteiger partial charge in [0.1, 0.15) is 17.1 Å². The lowest BCUT2D eigenvalue weighted by atomic mass is 10.0. The first-order valence-corrected chi connectivity index (χ1v) is 12.7. The van der Waals surface area contributed by atoms with Crippen molar-refractivity contribution in [2.45, 2.75) is 6.18 Å². The second-order valence-corrected chi connectivity index (χ2v) is 9.44. The maximum atomic E-state index is 14.1. The van der Waals surface area contributed by atoms with E-state index in [0.29, 0.717) is 17.0 Å². The summed E-state index contributed by atoms with van der Waals surface area (Å²) in [6, 6.07) is 23.3. The van der Waals surface area contributed by atoms with E-state index < -0.39 is 22.9 Å². The summed E-state index contributed by atoms with van der Waals surface area (Å²) in [6.45, 7) is -0.375. The molecule has 0 atom stereocenters. The molecule has 0 bridgehead atoms. The molecule has 0 aliphatic rings. The van der Waals surface area contributed by atoms with E-state index in [9.17, 15) is 22.8 Å². The number of hydrogen-bond acceptors (Lipinski definition) is 6. The number of ketones is 1. The van der Waals surface area contributed by atoms with Crippen molar-refractivity contribution < 1.29 is 31.9 Å². The molecule has 7 nitrogen and oxygen atoms in total. The Bertz CT molecular complexity index is 2010. The van der Waals surface area contributed by atoms with Gasteiger partial charge in [0, 0.05) is 23.4 Å². The van der Waals surface area contributed by atoms with Gasteiger partial charge in [-0.1, -0.05) is 36.4 Å². The number of alkyl halides is 3. The Morgan fingerprint density at radius 3 is 2.43 bits per heavy atom. The van der Waals surface area contributed by atoms with Gasteiger partial charge in [-0.3, -0.25) is 9.59 Å². The molecule has 0 unspecified atom stereocenters. The minimum absolute atomic E-state index is 0.0402. The van der Waals surface area contributed by atoms with E-state index in [1.54, 1.807) is 61.7 Å². The van der Waals surface area contributed by atoms with Gasteiger partial charge < -0.3 is 13.9 Å². The van der Waals surface area contributed by atoms with Gasteiger partial charge in [0.25, 0.3) is 0 Å². The van der Waals surface area contributed by atoms with Gasteiger partial charge in [-0.2, -0.15) is 18.3 Å². The molecule has 2 heterocycles. The molecule has 0 spiro atoms. The first-order chi connectivity index (χ1) is 20.2. The van der Waals surface area contributed by atoms with Crippen molar-refractivity contribution in [1.29, 1.82) is 0 Å². The summed E-state index contributed by atoms with van der Waals surface area (Å²) in [5, 5.41) is 5.77. The highest BCUT2D eigenvalue weighted by Crippen LogP contribution is 2.38. The highest BCUT2D eigenvalue weighted by atomic mass is 19.4. The molecule has 0 radical (unpaired) electrons. The predicted molar refractivity (Wildman–Crippen MR) is 150 cm³/mol. The number of methoxy groups -OCH3 is 1. The van der Waals surface area contributed by atoms with Gasteiger partial charge in [-0.05, 0) is 53.2 Å². The molecule has 0 saturated heterocycles. The maximum Gasteiger partial charge on any atom is 0.450 e. The van der Waals surface area contributed by atoms with E-state index >= 15 is 0 Å². The number of ether oxygens (including phenoxy) is 2. The Morgan fingerprint density at radius 1 is 0.929 bits per heavy atom. The summed E-state index contributed by atoms with van der Waals surface area (Å²) in [4.78, 5) is 26.2. The van der Waals surface area contributed by atoms with Crippen LogP contribution in [-0.2, 0) is 6.18 Å². The van der Waals surface area contributed by atoms with E-state index in [-0.39, 0.29) is 34.7 Å². The Morgan fingerprint density at radius 2 is 1.67 bits per heavy atom. The molecule has 0 aliphatic heterocycles. The Hall–Kier alpha value is -5.38. The number of carbonyl (C=O) groups is 1. The third-order valence-corrected chi connectivity index (χ3v) is 6.75. The number of aromatic nitrogens is 2. The van der Waals surface area contributed by atoms with Crippen LogP contribution in [0.15, 0.2) is 107 Å². The number of fused-ring (bicyclic) bond motifs is 2. The molecule has 2 aromatic heterocycles. The maximum absolute atomic E-state index is 14.1. The molecule has 6 aromatic rings. The standard InChI is InChI=1S/C32H21F3N2O5/c1-40-24-10-9-19-13-21(8-7-20(19)14-24)27(38)18-41-25-11-12-26-28(15-25)42-31(32(33,34)35)29(30(26)39)22-16-36-37(17-22)23-5-3-2-4-6-23/h2-17H,18H2,1H3. The molecule has 0 saturated carbocycles. The minimum Gasteiger partial charge on any atom is -0.497 e. The fraction of sp³-hybridized carbons (Fsp3) is 0.0938. The second-order valence-electron chi connectivity index (χ2n) is 9.44. The molecule has 6 rings (SSSR count). The topological polar surface area (TPSA) is 83.6 Å². The average molecular weight is 571 g/mol. The van der Waals surface area contributed by atoms with Gasteiger partial charge >= 0.3 is 6.18 Å². The Labute approximate surface area is 236 Å². The van der Waals surface area contributed by atoms with Gasteiger partial charge in [0.2, 0.25) is 11.2 Å². The van der Waals surface area contributed by atoms with Crippen LogP contribution in [0.5, 0.6) is 11.5 Å². The SMILES string of the molecule is COc1ccc2cc(C(=O)COc3ccc4c(=O)c(-c5cnn(-c6ccccc6)c5)c(C(F)(F)F)oc4c3)ccc2c1. The summed E-state index contributed by atoms with van der Waals surface area (Å²) in [7, 11) is 1.57. The highest BCUT2D eigenvalue weighted by Gasteiger charge is 2.39. The van der Waals surface area contributed by atoms with Crippen molar-refractivity contribution in [3.63, 3.8) is 0 Å². The molecular formula is C32H21F3N2O5. The number of para-hydroxylation sites is 1. The molecule has 4 aromatic carbocycles. The number of benzene rings is 4. The van der Waals surface area contributed by atoms with Crippen LogP contribution in [0.2, 0.25) is 0 Å². The summed E-state index contributed by atoms with van der Waals surface area (Å²) in [5.74, 6) is -1.03. The fourth-order valence-electron chi connectivity index (χ4n) is 4.66. The Kier molecular flexibility index (Phi) is 6.74. The number of rotatable bonds is 7. The van der Waals surface area contributed by atoms with E-state index in [0.717, 1.165) is 10.8 Å². The largest absolute Gasteiger partial charge is 0.497 e. The first kappa shape index (κ1) is 26.8. The van der Waals surface area contributed by atoms with Crippen LogP contribution < -0.4 is 14.9 Å². The van der Waals surface area contributed by atoms with Crippen molar-refractivity contribution in [2.75, 3.05) is 13.7 Å². The highest BCUT2D eigenvalue weighted by molar-refractivity contribution is 6.01. The molecule has 0 aliphatic carbocycles. The van der Waals surface area contributed by atoms with Gasteiger partial charge in [-0.15, -0.1) is 0 Å². The van der Waals surface area contributed by atoms with E-state index in [1.807, 2.05) is 12.1 Å². The molecule has 10 heteroatoms. The van der Waals surface area contributed by atoms with Crippen LogP contribution in [0.3, 0.4) is 0 Å². The number of hydrogen-bond donors (Lipinski definition) is 0. The lowest BCUT2D eigenvalue weighted by Crippen LogP contribution is -2.16. The van der Waals surface area contributed by atoms with E-state index in [2.05, 4.69) is 5.10 Å². The predicted octanol–water partition coefficient (Wildman–Crippen LogP) is 7.09. The number of carbonyl (C=O) groups excluding carboxylic acids is 1. The van der Waals surface area contributed by atoms with Crippen molar-refractivity contribution in [2.24, 2.45) is 0 Å². The first-order valence-electron chi connectivity index (χ1n) is 12.7. The molecule has 210 valence electrons. The summed E-state index contributed by atoms with van der Waals surface area (Å²) in [6.07, 6.45) is -2.44. The molecule has 0 N–H and O–H groups in total. The quantitative estimate of drug-likeness (QED) is 0.191. The van der Waals surface area contributed by atoms with Crippen LogP contribution in [0.4, 0.5) is 13.2 Å². The lowest BCUT2D eigenvalue weighted by Gasteiger charge is -2.12. The third kappa shape index (κ3) is 5.10. The van der Waals surface area contributed by atoms with Gasteiger partial charge in [-0.25, -0.2) is 4.68 Å². The van der Waals surface area contributed by atoms with Crippen LogP contribution in [0.25, 0.3) is 38.6 Å². The summed E-state index contributed by atoms with van der Waals surface area (Å²) < 4.78 is 59.8. The normalized spacial score (nSPS) is 11.6. The van der Waals surface area contributed by atoms with E-state index in [1.165, 1.54) is 35.3 Å². The zero-order valence-corrected chi connectivity index (χ0v) is 22.0. The molecule has 42 heavy (non-hydrogen) atoms. The van der Waals surface area contributed by atoms with Crippen molar-refractivity contribution >= 4 is 27.5 Å². The average Bonchev–Trinajstić information content (AvgIpc) is 3.49. The zero-order valence-electron chi connectivity index (χ0n) is 22.0. The molecular weight excluding hydrogens is 549 g/mol. The number of nitrogens with zero attached hydrogens (tertiary/aromatic N) is 2. The zero-order chi connectivity index (χ0) is 29.4. The molecule has 0 fully saturated rings. The molecule has 0 amide bonds. The Balaban J connectivity index is 1.29. The van der Waals surface area contributed by atoms with Crippen LogP contribution in [-0.4, -0.2) is 29.3 Å². The number of Topliss-reactive ketones (excluding diaryl/α,β-unsaturated/α-hetero) is 1. The van der Waals surface area contributed by atoms with Crippen molar-refractivity contribution in [3.8, 4) is 28.3 Å². The lowest BCUT2D eigenvalue weighted by molar-refractivity contribution is -0.152. The van der Waals surface area contributed by atoms with Gasteiger partial charge in [0.05, 0.1) is 29.9 Å². The van der Waals surface area contributed by atoms with Crippen LogP contribution in [0, 0.1) is 0 Å². The van der Waals surface area contributed by atoms with Crippen LogP contribution >= 0.6 is 0 Å². The summed E-state index contributed by atoms with van der Waals surface area (Å²) >= 11 is 0. The van der Waals surface area contributed by atoms with Gasteiger partial charge in [0.15, 0.2) is 12.4 Å². The minimum atomic E-state index is -4.97.